The van der Waals surface area contributed by atoms with Crippen LogP contribution >= 0.6 is 34.5 Å². The molecule has 2 aromatic carbocycles. The second-order valence-corrected chi connectivity index (χ2v) is 13.9. The van der Waals surface area contributed by atoms with Gasteiger partial charge in [0.05, 0.1) is 45.1 Å². The van der Waals surface area contributed by atoms with Crippen molar-refractivity contribution in [3.05, 3.63) is 68.1 Å². The second-order valence-electron chi connectivity index (χ2n) is 11.9. The fourth-order valence-electron chi connectivity index (χ4n) is 7.01. The Morgan fingerprint density at radius 2 is 1.86 bits per heavy atom. The Labute approximate surface area is 257 Å². The lowest BCUT2D eigenvalue weighted by molar-refractivity contribution is 0.0382. The number of carbonyl (C=O) groups is 1. The molecule has 3 fully saturated rings. The lowest BCUT2D eigenvalue weighted by Crippen LogP contribution is -2.12. The predicted octanol–water partition coefficient (Wildman–Crippen LogP) is 9.02. The van der Waals surface area contributed by atoms with Crippen molar-refractivity contribution in [1.82, 2.24) is 10.1 Å². The van der Waals surface area contributed by atoms with E-state index >= 15 is 0 Å². The number of nitrogens with zero attached hydrogens (tertiary/aromatic N) is 2. The molecule has 0 saturated heterocycles. The van der Waals surface area contributed by atoms with Crippen molar-refractivity contribution in [3.63, 3.8) is 0 Å². The first-order chi connectivity index (χ1) is 20.4. The lowest BCUT2D eigenvalue weighted by Gasteiger charge is -2.16. The van der Waals surface area contributed by atoms with E-state index in [1.54, 1.807) is 6.07 Å². The molecule has 0 aliphatic heterocycles. The number of aryl methyl sites for hydroxylation is 1. The zero-order valence-corrected chi connectivity index (χ0v) is 25.5. The highest BCUT2D eigenvalue weighted by Gasteiger charge is 2.42. The molecule has 4 aromatic rings. The molecule has 0 bridgehead atoms. The smallest absolute Gasteiger partial charge is 0.338 e. The molecule has 7 rings (SSSR count). The highest BCUT2D eigenvalue weighted by Crippen LogP contribution is 2.50. The number of benzene rings is 2. The Morgan fingerprint density at radius 3 is 2.55 bits per heavy atom. The van der Waals surface area contributed by atoms with Gasteiger partial charge in [-0.1, -0.05) is 34.4 Å². The Bertz CT molecular complexity index is 1620. The van der Waals surface area contributed by atoms with Crippen molar-refractivity contribution in [2.24, 2.45) is 17.8 Å². The third-order valence-corrected chi connectivity index (χ3v) is 10.9. The summed E-state index contributed by atoms with van der Waals surface area (Å²) in [6.07, 6.45) is 8.80. The van der Waals surface area contributed by atoms with Gasteiger partial charge in [0.1, 0.15) is 17.0 Å². The summed E-state index contributed by atoms with van der Waals surface area (Å²) in [4.78, 5) is 16.4. The van der Waals surface area contributed by atoms with Gasteiger partial charge >= 0.3 is 5.97 Å². The maximum absolute atomic E-state index is 14.6. The van der Waals surface area contributed by atoms with Crippen molar-refractivity contribution >= 4 is 50.7 Å². The van der Waals surface area contributed by atoms with Crippen LogP contribution in [-0.2, 0) is 22.5 Å². The molecule has 0 spiro atoms. The van der Waals surface area contributed by atoms with Crippen LogP contribution in [0.15, 0.2) is 34.9 Å². The van der Waals surface area contributed by atoms with E-state index in [1.807, 2.05) is 18.2 Å². The van der Waals surface area contributed by atoms with Gasteiger partial charge in [-0.15, -0.1) is 11.3 Å². The van der Waals surface area contributed by atoms with Crippen LogP contribution < -0.4 is 0 Å². The number of halogens is 3. The number of rotatable bonds is 9. The van der Waals surface area contributed by atoms with Gasteiger partial charge in [-0.3, -0.25) is 0 Å². The molecule has 10 heteroatoms. The van der Waals surface area contributed by atoms with E-state index in [0.29, 0.717) is 61.8 Å². The number of fused-ring (bicyclic) bond motifs is 2. The third-order valence-electron chi connectivity index (χ3n) is 9.18. The van der Waals surface area contributed by atoms with Gasteiger partial charge in [-0.25, -0.2) is 14.2 Å². The predicted molar refractivity (Wildman–Crippen MR) is 161 cm³/mol. The zero-order valence-electron chi connectivity index (χ0n) is 23.2. The molecule has 3 saturated carbocycles. The first-order valence-corrected chi connectivity index (χ1v) is 16.2. The Balaban J connectivity index is 0.956. The number of esters is 1. The average molecular weight is 630 g/mol. The van der Waals surface area contributed by atoms with Crippen molar-refractivity contribution in [1.29, 1.82) is 0 Å². The maximum atomic E-state index is 14.6. The van der Waals surface area contributed by atoms with Gasteiger partial charge in [-0.05, 0) is 93.4 Å². The summed E-state index contributed by atoms with van der Waals surface area (Å²) in [5.74, 6) is 2.26. The number of ether oxygens (including phenoxy) is 2. The van der Waals surface area contributed by atoms with Gasteiger partial charge in [-0.2, -0.15) is 0 Å². The summed E-state index contributed by atoms with van der Waals surface area (Å²) in [5, 5.41) is 6.42. The van der Waals surface area contributed by atoms with E-state index in [4.69, 9.17) is 37.2 Å². The van der Waals surface area contributed by atoms with E-state index in [9.17, 15) is 9.18 Å². The van der Waals surface area contributed by atoms with Gasteiger partial charge in [0, 0.05) is 17.0 Å². The van der Waals surface area contributed by atoms with Crippen molar-refractivity contribution in [2.45, 2.75) is 70.0 Å². The minimum absolute atomic E-state index is 0.216. The van der Waals surface area contributed by atoms with Gasteiger partial charge in [0.2, 0.25) is 0 Å². The number of methoxy groups -OCH3 is 1. The highest BCUT2D eigenvalue weighted by atomic mass is 35.5. The second kappa shape index (κ2) is 11.5. The molecular formula is C32H31Cl2FN2O4S. The van der Waals surface area contributed by atoms with Crippen molar-refractivity contribution in [2.75, 3.05) is 7.11 Å². The lowest BCUT2D eigenvalue weighted by atomic mass is 9.97. The first-order valence-electron chi connectivity index (χ1n) is 14.6. The number of aromatic nitrogens is 2. The molecule has 220 valence electrons. The van der Waals surface area contributed by atoms with Gasteiger partial charge in [0.15, 0.2) is 5.82 Å². The minimum Gasteiger partial charge on any atom is -0.465 e. The first kappa shape index (κ1) is 28.3. The molecule has 0 N–H and O–H groups in total. The standard InChI is InChI=1S/C32H31Cl2FN2O4S/c1-39-32(38)20-13-25(35)30-26(14-20)42-27(36-30)8-5-16-9-18-11-21(12-19(18)10-16)40-15-22-29(37-41-31(22)17-6-7-17)28-23(33)3-2-4-24(28)34/h2-4,13-14,16-19,21H,5-12,15H2,1H3/t16?,18-,19?,21+/m1/s1. The zero-order chi connectivity index (χ0) is 29.0. The Kier molecular flexibility index (Phi) is 7.76. The van der Waals surface area contributed by atoms with Crippen molar-refractivity contribution in [3.8, 4) is 11.3 Å². The van der Waals surface area contributed by atoms with Crippen LogP contribution in [0.5, 0.6) is 0 Å². The van der Waals surface area contributed by atoms with Crippen LogP contribution in [-0.4, -0.2) is 29.3 Å². The molecule has 3 aliphatic rings. The molecule has 6 nitrogen and oxygen atoms in total. The molecule has 4 atom stereocenters. The topological polar surface area (TPSA) is 74.5 Å². The summed E-state index contributed by atoms with van der Waals surface area (Å²) in [5.41, 5.74) is 2.94. The summed E-state index contributed by atoms with van der Waals surface area (Å²) in [6.45, 7) is 0.450. The number of carbonyl (C=O) groups excluding carboxylic acids is 1. The van der Waals surface area contributed by atoms with E-state index in [2.05, 4.69) is 10.1 Å². The summed E-state index contributed by atoms with van der Waals surface area (Å²) < 4.78 is 32.3. The molecule has 0 amide bonds. The number of hydrogen-bond donors (Lipinski definition) is 0. The normalized spacial score (nSPS) is 23.5. The summed E-state index contributed by atoms with van der Waals surface area (Å²) in [7, 11) is 1.30. The van der Waals surface area contributed by atoms with Crippen LogP contribution in [0.25, 0.3) is 21.5 Å². The van der Waals surface area contributed by atoms with E-state index in [0.717, 1.165) is 54.9 Å². The monoisotopic (exact) mass is 628 g/mol. The van der Waals surface area contributed by atoms with E-state index in [1.165, 1.54) is 37.4 Å². The molecule has 0 radical (unpaired) electrons. The summed E-state index contributed by atoms with van der Waals surface area (Å²) in [6, 6.07) is 8.35. The van der Waals surface area contributed by atoms with E-state index < -0.39 is 11.8 Å². The molecule has 3 aliphatic carbocycles. The molecular weight excluding hydrogens is 598 g/mol. The van der Waals surface area contributed by atoms with Gasteiger partial charge < -0.3 is 14.0 Å². The maximum Gasteiger partial charge on any atom is 0.338 e. The quantitative estimate of drug-likeness (QED) is 0.172. The minimum atomic E-state index is -0.541. The number of thiazole rings is 1. The molecule has 2 heterocycles. The third kappa shape index (κ3) is 5.47. The number of hydrogen-bond acceptors (Lipinski definition) is 7. The van der Waals surface area contributed by atoms with Gasteiger partial charge in [0.25, 0.3) is 0 Å². The molecule has 2 aromatic heterocycles. The van der Waals surface area contributed by atoms with Crippen LogP contribution in [0.4, 0.5) is 4.39 Å². The SMILES string of the molecule is COC(=O)c1cc(F)c2nc(CCC3CC4C[C@@H](OCc5c(-c6c(Cl)cccc6Cl)noc5C5CC5)C[C@H]4C3)sc2c1. The Hall–Kier alpha value is -2.52. The fraction of sp³-hybridized carbons (Fsp3) is 0.469. The fourth-order valence-corrected chi connectivity index (χ4v) is 8.63. The largest absolute Gasteiger partial charge is 0.465 e. The highest BCUT2D eigenvalue weighted by molar-refractivity contribution is 7.18. The van der Waals surface area contributed by atoms with Crippen LogP contribution in [0, 0.1) is 23.6 Å². The van der Waals surface area contributed by atoms with Crippen molar-refractivity contribution < 1.29 is 23.2 Å². The molecule has 2 unspecified atom stereocenters. The van der Waals surface area contributed by atoms with Crippen LogP contribution in [0.1, 0.15) is 77.6 Å². The van der Waals surface area contributed by atoms with E-state index in [-0.39, 0.29) is 11.7 Å². The summed E-state index contributed by atoms with van der Waals surface area (Å²) >= 11 is 14.5. The van der Waals surface area contributed by atoms with Crippen LogP contribution in [0.2, 0.25) is 10.0 Å². The van der Waals surface area contributed by atoms with Crippen LogP contribution in [0.3, 0.4) is 0 Å². The average Bonchev–Trinajstić information content (AvgIpc) is 3.26. The molecule has 42 heavy (non-hydrogen) atoms. The Morgan fingerprint density at radius 1 is 1.12 bits per heavy atom.